The van der Waals surface area contributed by atoms with E-state index in [1.807, 2.05) is 0 Å². The Balaban J connectivity index is 1.77. The van der Waals surface area contributed by atoms with Crippen molar-refractivity contribution in [2.75, 3.05) is 13.1 Å². The molecule has 2 amide bonds. The minimum Gasteiger partial charge on any atom is -0.481 e. The number of carbonyl (C=O) groups excluding carboxylic acids is 2. The zero-order valence-corrected chi connectivity index (χ0v) is 22.4. The van der Waals surface area contributed by atoms with Crippen molar-refractivity contribution in [3.05, 3.63) is 74.4 Å². The number of aliphatic carboxylic acids is 1. The third-order valence-electron chi connectivity index (χ3n) is 6.00. The molecule has 0 radical (unpaired) electrons. The third-order valence-corrected chi connectivity index (χ3v) is 6.79. The fraction of sp³-hybridized carbons (Fsp3) is 0.308. The molecule has 0 spiro atoms. The van der Waals surface area contributed by atoms with E-state index in [1.165, 1.54) is 0 Å². The van der Waals surface area contributed by atoms with Crippen LogP contribution in [0.2, 0.25) is 15.1 Å². The summed E-state index contributed by atoms with van der Waals surface area (Å²) in [5, 5.41) is 13.1. The van der Waals surface area contributed by atoms with E-state index in [1.54, 1.807) is 54.3 Å². The van der Waals surface area contributed by atoms with Gasteiger partial charge in [0.15, 0.2) is 0 Å². The van der Waals surface area contributed by atoms with Crippen molar-refractivity contribution in [3.8, 4) is 0 Å². The molecule has 1 saturated heterocycles. The van der Waals surface area contributed by atoms with Gasteiger partial charge in [-0.3, -0.25) is 14.4 Å². The van der Waals surface area contributed by atoms with Gasteiger partial charge in [0.1, 0.15) is 5.70 Å². The van der Waals surface area contributed by atoms with E-state index in [4.69, 9.17) is 45.6 Å². The van der Waals surface area contributed by atoms with Gasteiger partial charge in [-0.1, -0.05) is 46.9 Å². The van der Waals surface area contributed by atoms with Gasteiger partial charge in [-0.2, -0.15) is 0 Å². The number of carboxylic acids is 1. The molecule has 0 atom stereocenters. The quantitative estimate of drug-likeness (QED) is 0.308. The molecule has 0 bridgehead atoms. The molecular formula is C26H27Cl3N4O4. The maximum atomic E-state index is 13.0. The van der Waals surface area contributed by atoms with E-state index < -0.39 is 11.9 Å². The third kappa shape index (κ3) is 7.95. The van der Waals surface area contributed by atoms with Crippen molar-refractivity contribution in [2.45, 2.75) is 38.6 Å². The minimum absolute atomic E-state index is 0.00116. The molecule has 1 aliphatic rings. The largest absolute Gasteiger partial charge is 0.481 e. The van der Waals surface area contributed by atoms with Gasteiger partial charge in [-0.05, 0) is 50.1 Å². The average molecular weight is 566 g/mol. The van der Waals surface area contributed by atoms with Crippen LogP contribution in [0.3, 0.4) is 0 Å². The van der Waals surface area contributed by atoms with Gasteiger partial charge in [-0.15, -0.1) is 0 Å². The smallest absolute Gasteiger partial charge is 0.303 e. The molecule has 1 fully saturated rings. The predicted octanol–water partition coefficient (Wildman–Crippen LogP) is 4.97. The lowest BCUT2D eigenvalue weighted by Gasteiger charge is -2.32. The first-order valence-corrected chi connectivity index (χ1v) is 12.8. The van der Waals surface area contributed by atoms with Crippen LogP contribution >= 0.6 is 34.8 Å². The summed E-state index contributed by atoms with van der Waals surface area (Å²) in [5.41, 5.74) is 8.35. The number of nitrogens with two attached hydrogens (primary N) is 1. The average Bonchev–Trinajstić information content (AvgIpc) is 2.87. The van der Waals surface area contributed by atoms with Crippen LogP contribution in [0, 0.1) is 0 Å². The summed E-state index contributed by atoms with van der Waals surface area (Å²) in [6.07, 6.45) is 0.839. The number of hydrogen-bond acceptors (Lipinski definition) is 5. The molecule has 37 heavy (non-hydrogen) atoms. The second-order valence-corrected chi connectivity index (χ2v) is 9.90. The number of halogens is 3. The van der Waals surface area contributed by atoms with Crippen molar-refractivity contribution >= 4 is 64.0 Å². The Bertz CT molecular complexity index is 1240. The summed E-state index contributed by atoms with van der Waals surface area (Å²) in [4.78, 5) is 42.2. The number of carboxylic acid groups (broad SMARTS) is 1. The maximum Gasteiger partial charge on any atom is 0.303 e. The van der Waals surface area contributed by atoms with Crippen molar-refractivity contribution in [1.29, 1.82) is 0 Å². The van der Waals surface area contributed by atoms with Crippen LogP contribution < -0.4 is 11.1 Å². The van der Waals surface area contributed by atoms with E-state index in [-0.39, 0.29) is 30.5 Å². The summed E-state index contributed by atoms with van der Waals surface area (Å²) >= 11 is 18.4. The Hall–Kier alpha value is -3.07. The Kier molecular flexibility index (Phi) is 9.97. The lowest BCUT2D eigenvalue weighted by Crippen LogP contribution is -2.47. The molecule has 1 heterocycles. The molecule has 8 nitrogen and oxygen atoms in total. The molecule has 0 unspecified atom stereocenters. The van der Waals surface area contributed by atoms with Crippen molar-refractivity contribution in [1.82, 2.24) is 10.2 Å². The first-order valence-electron chi connectivity index (χ1n) is 11.6. The minimum atomic E-state index is -1.01. The van der Waals surface area contributed by atoms with Crippen LogP contribution in [0.5, 0.6) is 0 Å². The summed E-state index contributed by atoms with van der Waals surface area (Å²) < 4.78 is 0. The molecule has 0 aliphatic carbocycles. The van der Waals surface area contributed by atoms with Gasteiger partial charge in [0, 0.05) is 46.7 Å². The second-order valence-electron chi connectivity index (χ2n) is 8.62. The van der Waals surface area contributed by atoms with Gasteiger partial charge in [-0.25, -0.2) is 4.99 Å². The lowest BCUT2D eigenvalue weighted by atomic mass is 10.0. The summed E-state index contributed by atoms with van der Waals surface area (Å²) in [5.74, 6) is -1.66. The Morgan fingerprint density at radius 2 is 1.65 bits per heavy atom. The van der Waals surface area contributed by atoms with Gasteiger partial charge in [0.2, 0.25) is 5.91 Å². The highest BCUT2D eigenvalue weighted by Crippen LogP contribution is 2.30. The standard InChI is InChI=1S/C26H27Cl3N4O4/c1-15(24(30)26(37)31-19-10-12-33(13-11-19)22(34)8-9-23(35)36)25(16-2-4-17(27)5-3-16)32-21-7-6-18(28)14-20(21)29/h2-7,14,19H,8-13,30H2,1H3,(H,31,37)(H,35,36). The number of piperidine rings is 1. The van der Waals surface area contributed by atoms with E-state index in [0.717, 1.165) is 0 Å². The number of allylic oxidation sites excluding steroid dienone is 1. The van der Waals surface area contributed by atoms with Gasteiger partial charge in [0.25, 0.3) is 5.91 Å². The van der Waals surface area contributed by atoms with Gasteiger partial charge < -0.3 is 21.1 Å². The molecule has 2 aromatic rings. The van der Waals surface area contributed by atoms with E-state index in [0.29, 0.717) is 63.5 Å². The fourth-order valence-electron chi connectivity index (χ4n) is 3.87. The highest BCUT2D eigenvalue weighted by atomic mass is 35.5. The van der Waals surface area contributed by atoms with Crippen LogP contribution in [-0.4, -0.2) is 52.6 Å². The zero-order valence-electron chi connectivity index (χ0n) is 20.1. The van der Waals surface area contributed by atoms with Crippen LogP contribution in [0.15, 0.2) is 58.7 Å². The first kappa shape index (κ1) is 28.5. The number of rotatable bonds is 8. The van der Waals surface area contributed by atoms with E-state index in [2.05, 4.69) is 10.3 Å². The normalized spacial score (nSPS) is 15.2. The van der Waals surface area contributed by atoms with E-state index >= 15 is 0 Å². The Morgan fingerprint density at radius 3 is 2.24 bits per heavy atom. The highest BCUT2D eigenvalue weighted by molar-refractivity contribution is 6.36. The molecule has 3 rings (SSSR count). The number of aliphatic imine (C=N–C) groups is 1. The molecular weight excluding hydrogens is 539 g/mol. The van der Waals surface area contributed by atoms with Crippen molar-refractivity contribution in [3.63, 3.8) is 0 Å². The summed E-state index contributed by atoms with van der Waals surface area (Å²) in [6, 6.07) is 11.7. The number of amides is 2. The van der Waals surface area contributed by atoms with Crippen LogP contribution in [0.1, 0.15) is 38.2 Å². The summed E-state index contributed by atoms with van der Waals surface area (Å²) in [6.45, 7) is 2.56. The molecule has 4 N–H and O–H groups in total. The number of nitrogens with one attached hydrogen (secondary N) is 1. The number of hydrogen-bond donors (Lipinski definition) is 3. The molecule has 196 valence electrons. The molecule has 11 heteroatoms. The fourth-order valence-corrected chi connectivity index (χ4v) is 4.45. The topological polar surface area (TPSA) is 125 Å². The second kappa shape index (κ2) is 12.9. The lowest BCUT2D eigenvalue weighted by molar-refractivity contribution is -0.141. The number of likely N-dealkylation sites (tertiary alicyclic amines) is 1. The molecule has 1 aliphatic heterocycles. The monoisotopic (exact) mass is 564 g/mol. The Morgan fingerprint density at radius 1 is 1.03 bits per heavy atom. The number of carbonyl (C=O) groups is 3. The Labute approximate surface area is 230 Å². The van der Waals surface area contributed by atoms with Crippen molar-refractivity contribution < 1.29 is 19.5 Å². The van der Waals surface area contributed by atoms with Gasteiger partial charge >= 0.3 is 5.97 Å². The zero-order chi connectivity index (χ0) is 27.1. The maximum absolute atomic E-state index is 13.0. The van der Waals surface area contributed by atoms with Crippen LogP contribution in [-0.2, 0) is 14.4 Å². The van der Waals surface area contributed by atoms with Crippen molar-refractivity contribution in [2.24, 2.45) is 10.7 Å². The van der Waals surface area contributed by atoms with Crippen LogP contribution in [0.4, 0.5) is 5.69 Å². The van der Waals surface area contributed by atoms with Crippen LogP contribution in [0.25, 0.3) is 0 Å². The SMILES string of the molecule is CC(C(=Nc1ccc(Cl)cc1Cl)c1ccc(Cl)cc1)=C(N)C(=O)NC1CCN(C(=O)CCC(=O)O)CC1. The predicted molar refractivity (Wildman–Crippen MR) is 146 cm³/mol. The summed E-state index contributed by atoms with van der Waals surface area (Å²) in [7, 11) is 0. The molecule has 0 saturated carbocycles. The van der Waals surface area contributed by atoms with E-state index in [9.17, 15) is 14.4 Å². The number of benzene rings is 2. The van der Waals surface area contributed by atoms with Gasteiger partial charge in [0.05, 0.1) is 22.8 Å². The highest BCUT2D eigenvalue weighted by Gasteiger charge is 2.25. The number of nitrogens with zero attached hydrogens (tertiary/aromatic N) is 2. The molecule has 2 aromatic carbocycles. The molecule has 0 aromatic heterocycles. The first-order chi connectivity index (χ1) is 17.5.